The third-order valence-corrected chi connectivity index (χ3v) is 3.96. The lowest BCUT2D eigenvalue weighted by Crippen LogP contribution is -1.96. The van der Waals surface area contributed by atoms with Crippen molar-refractivity contribution < 1.29 is 0 Å². The molecule has 2 heterocycles. The smallest absolute Gasteiger partial charge is 0.189 e. The topological polar surface area (TPSA) is 37.8 Å². The van der Waals surface area contributed by atoms with Crippen LogP contribution in [-0.2, 0) is 0 Å². The molecule has 1 N–H and O–H groups in total. The molecule has 1 aromatic carbocycles. The van der Waals surface area contributed by atoms with E-state index in [1.165, 1.54) is 0 Å². The number of benzene rings is 1. The summed E-state index contributed by atoms with van der Waals surface area (Å²) in [5.74, 6) is 0.880. The van der Waals surface area contributed by atoms with Gasteiger partial charge in [-0.25, -0.2) is 9.97 Å². The summed E-state index contributed by atoms with van der Waals surface area (Å²) in [5.41, 5.74) is 2.04. The minimum atomic E-state index is 0.791. The van der Waals surface area contributed by atoms with Gasteiger partial charge >= 0.3 is 0 Å². The summed E-state index contributed by atoms with van der Waals surface area (Å²) < 4.78 is 1.09. The highest BCUT2D eigenvalue weighted by atomic mass is 32.2. The predicted molar refractivity (Wildman–Crippen MR) is 78.9 cm³/mol. The number of hydrogen-bond acceptors (Lipinski definition) is 5. The highest BCUT2D eigenvalue weighted by Crippen LogP contribution is 2.29. The molecule has 0 saturated heterocycles. The van der Waals surface area contributed by atoms with Gasteiger partial charge in [0.15, 0.2) is 11.0 Å². The number of nitrogens with one attached hydrogen (secondary N) is 1. The zero-order chi connectivity index (χ0) is 12.4. The Labute approximate surface area is 113 Å². The summed E-state index contributed by atoms with van der Waals surface area (Å²) in [5, 5.41) is 6.19. The molecule has 0 atom stereocenters. The van der Waals surface area contributed by atoms with Gasteiger partial charge in [-0.15, -0.1) is 11.3 Å². The number of thioether (sulfide) groups is 1. The van der Waals surface area contributed by atoms with Crippen LogP contribution in [0.5, 0.6) is 0 Å². The Morgan fingerprint density at radius 1 is 1.11 bits per heavy atom. The van der Waals surface area contributed by atoms with Crippen molar-refractivity contribution in [1.82, 2.24) is 9.97 Å². The van der Waals surface area contributed by atoms with Crippen molar-refractivity contribution in [3.63, 3.8) is 0 Å². The molecular formula is C13H11N3S2. The number of para-hydroxylation sites is 1. The molecule has 0 aliphatic heterocycles. The molecule has 5 heteroatoms. The largest absolute Gasteiger partial charge is 0.339 e. The van der Waals surface area contributed by atoms with Gasteiger partial charge in [-0.05, 0) is 29.8 Å². The molecule has 0 aliphatic carbocycles. The van der Waals surface area contributed by atoms with Gasteiger partial charge in [-0.3, -0.25) is 0 Å². The van der Waals surface area contributed by atoms with Gasteiger partial charge in [-0.2, -0.15) is 0 Å². The van der Waals surface area contributed by atoms with Crippen molar-refractivity contribution >= 4 is 44.8 Å². The van der Waals surface area contributed by atoms with Crippen LogP contribution >= 0.6 is 23.1 Å². The Morgan fingerprint density at radius 3 is 2.72 bits per heavy atom. The van der Waals surface area contributed by atoms with Crippen molar-refractivity contribution in [3.8, 4) is 0 Å². The van der Waals surface area contributed by atoms with Crippen LogP contribution in [-0.4, -0.2) is 16.2 Å². The molecule has 0 aliphatic rings. The van der Waals surface area contributed by atoms with Crippen LogP contribution in [0.3, 0.4) is 0 Å². The van der Waals surface area contributed by atoms with E-state index < -0.39 is 0 Å². The van der Waals surface area contributed by atoms with E-state index in [1.54, 1.807) is 23.1 Å². The number of hydrogen-bond donors (Lipinski definition) is 1. The van der Waals surface area contributed by atoms with Crippen LogP contribution in [0, 0.1) is 0 Å². The average molecular weight is 273 g/mol. The zero-order valence-electron chi connectivity index (χ0n) is 9.75. The summed E-state index contributed by atoms with van der Waals surface area (Å²) in [6.07, 6.45) is 1.99. The summed E-state index contributed by atoms with van der Waals surface area (Å²) in [4.78, 5) is 9.02. The monoisotopic (exact) mass is 273 g/mol. The van der Waals surface area contributed by atoms with Crippen molar-refractivity contribution in [2.75, 3.05) is 11.6 Å². The molecule has 3 aromatic rings. The third kappa shape index (κ3) is 2.19. The van der Waals surface area contributed by atoms with E-state index in [-0.39, 0.29) is 0 Å². The van der Waals surface area contributed by atoms with E-state index in [1.807, 2.05) is 48.0 Å². The fourth-order valence-corrected chi connectivity index (χ4v) is 2.82. The molecule has 3 nitrogen and oxygen atoms in total. The number of thiophene rings is 1. The molecule has 0 spiro atoms. The number of fused-ring (bicyclic) bond motifs is 1. The van der Waals surface area contributed by atoms with Crippen molar-refractivity contribution in [3.05, 3.63) is 41.8 Å². The molecule has 0 amide bonds. The summed E-state index contributed by atoms with van der Waals surface area (Å²) >= 11 is 3.21. The van der Waals surface area contributed by atoms with Crippen LogP contribution in [0.1, 0.15) is 0 Å². The number of aromatic nitrogens is 2. The molecule has 0 radical (unpaired) electrons. The number of rotatable bonds is 3. The van der Waals surface area contributed by atoms with Crippen LogP contribution in [0.25, 0.3) is 10.2 Å². The third-order valence-electron chi connectivity index (χ3n) is 2.50. The van der Waals surface area contributed by atoms with E-state index in [9.17, 15) is 0 Å². The van der Waals surface area contributed by atoms with Gasteiger partial charge in [0.25, 0.3) is 0 Å². The number of anilines is 2. The summed E-state index contributed by atoms with van der Waals surface area (Å²) in [6, 6.07) is 12.1. The van der Waals surface area contributed by atoms with E-state index >= 15 is 0 Å². The second-order valence-electron chi connectivity index (χ2n) is 3.68. The van der Waals surface area contributed by atoms with Crippen molar-refractivity contribution in [2.45, 2.75) is 5.16 Å². The second kappa shape index (κ2) is 4.96. The summed E-state index contributed by atoms with van der Waals surface area (Å²) in [6.45, 7) is 0. The first kappa shape index (κ1) is 11.5. The maximum Gasteiger partial charge on any atom is 0.189 e. The van der Waals surface area contributed by atoms with Crippen LogP contribution in [0.15, 0.2) is 46.9 Å². The Kier molecular flexibility index (Phi) is 3.17. The first-order valence-corrected chi connectivity index (χ1v) is 7.58. The number of nitrogens with zero attached hydrogens (tertiary/aromatic N) is 2. The Morgan fingerprint density at radius 2 is 1.94 bits per heavy atom. The quantitative estimate of drug-likeness (QED) is 0.574. The van der Waals surface area contributed by atoms with Gasteiger partial charge in [0.2, 0.25) is 0 Å². The zero-order valence-corrected chi connectivity index (χ0v) is 11.4. The fourth-order valence-electron chi connectivity index (χ4n) is 1.68. The lowest BCUT2D eigenvalue weighted by atomic mass is 10.3. The van der Waals surface area contributed by atoms with Gasteiger partial charge < -0.3 is 5.32 Å². The molecule has 3 rings (SSSR count). The summed E-state index contributed by atoms with van der Waals surface area (Å²) in [7, 11) is 0. The second-order valence-corrected chi connectivity index (χ2v) is 5.37. The van der Waals surface area contributed by atoms with Gasteiger partial charge in [0.1, 0.15) is 0 Å². The highest BCUT2D eigenvalue weighted by molar-refractivity contribution is 7.98. The standard InChI is InChI=1S/C13H11N3S2/c1-17-13-15-10-7-8-18-11(10)12(16-13)14-9-5-3-2-4-6-9/h2-8H,1H3,(H,14,15,16). The highest BCUT2D eigenvalue weighted by Gasteiger charge is 2.08. The molecule has 90 valence electrons. The molecular weight excluding hydrogens is 262 g/mol. The van der Waals surface area contributed by atoms with E-state index in [0.717, 1.165) is 26.9 Å². The molecule has 0 saturated carbocycles. The van der Waals surface area contributed by atoms with Crippen LogP contribution in [0.4, 0.5) is 11.5 Å². The SMILES string of the molecule is CSc1nc(Nc2ccccc2)c2sccc2n1. The first-order valence-electron chi connectivity index (χ1n) is 5.48. The Hall–Kier alpha value is -1.59. The molecule has 0 fully saturated rings. The molecule has 0 bridgehead atoms. The Balaban J connectivity index is 2.07. The van der Waals surface area contributed by atoms with Gasteiger partial charge in [0, 0.05) is 5.69 Å². The van der Waals surface area contributed by atoms with E-state index in [0.29, 0.717) is 0 Å². The lowest BCUT2D eigenvalue weighted by Gasteiger charge is -2.07. The molecule has 2 aromatic heterocycles. The van der Waals surface area contributed by atoms with E-state index in [2.05, 4.69) is 15.3 Å². The van der Waals surface area contributed by atoms with Crippen molar-refractivity contribution in [2.24, 2.45) is 0 Å². The maximum atomic E-state index is 4.54. The first-order chi connectivity index (χ1) is 8.86. The minimum Gasteiger partial charge on any atom is -0.339 e. The van der Waals surface area contributed by atoms with E-state index in [4.69, 9.17) is 0 Å². The Bertz CT molecular complexity index is 664. The normalized spacial score (nSPS) is 10.7. The lowest BCUT2D eigenvalue weighted by molar-refractivity contribution is 1.01. The van der Waals surface area contributed by atoms with Crippen LogP contribution in [0.2, 0.25) is 0 Å². The maximum absolute atomic E-state index is 4.54. The molecule has 18 heavy (non-hydrogen) atoms. The van der Waals surface area contributed by atoms with Gasteiger partial charge in [-0.1, -0.05) is 30.0 Å². The predicted octanol–water partition coefficient (Wildman–Crippen LogP) is 4.16. The average Bonchev–Trinajstić information content (AvgIpc) is 2.88. The van der Waals surface area contributed by atoms with Crippen LogP contribution < -0.4 is 5.32 Å². The minimum absolute atomic E-state index is 0.791. The van der Waals surface area contributed by atoms with Crippen molar-refractivity contribution in [1.29, 1.82) is 0 Å². The molecule has 0 unspecified atom stereocenters. The van der Waals surface area contributed by atoms with Gasteiger partial charge in [0.05, 0.1) is 10.2 Å². The fraction of sp³-hybridized carbons (Fsp3) is 0.0769.